The van der Waals surface area contributed by atoms with Gasteiger partial charge in [0.05, 0.1) is 0 Å². The first-order valence-electron chi connectivity index (χ1n) is 6.08. The second kappa shape index (κ2) is 6.05. The minimum atomic E-state index is 1.03. The topological polar surface area (TPSA) is 0 Å². The molecule has 0 saturated carbocycles. The second-order valence-corrected chi connectivity index (χ2v) is 4.40. The fraction of sp³-hybridized carbons (Fsp3) is 0.176. The average Bonchev–Trinajstić information content (AvgIpc) is 2.39. The smallest absolute Gasteiger partial charge is 0.00698 e. The molecule has 0 unspecified atom stereocenters. The summed E-state index contributed by atoms with van der Waals surface area (Å²) in [5, 5.41) is 0. The van der Waals surface area contributed by atoms with Gasteiger partial charge in [0.25, 0.3) is 0 Å². The molecule has 0 aliphatic carbocycles. The Morgan fingerprint density at radius 2 is 1.35 bits per heavy atom. The number of allylic oxidation sites excluding steroid dienone is 2. The van der Waals surface area contributed by atoms with Crippen LogP contribution >= 0.6 is 0 Å². The molecule has 17 heavy (non-hydrogen) atoms. The Labute approximate surface area is 104 Å². The molecular weight excluding hydrogens is 204 g/mol. The molecule has 0 heterocycles. The highest BCUT2D eigenvalue weighted by atomic mass is 14.0. The third-order valence-corrected chi connectivity index (χ3v) is 2.85. The fourth-order valence-electron chi connectivity index (χ4n) is 1.90. The molecule has 0 spiro atoms. The van der Waals surface area contributed by atoms with E-state index in [1.807, 2.05) is 0 Å². The van der Waals surface area contributed by atoms with Gasteiger partial charge in [0.1, 0.15) is 0 Å². The zero-order valence-electron chi connectivity index (χ0n) is 10.3. The Morgan fingerprint density at radius 1 is 0.824 bits per heavy atom. The first-order valence-corrected chi connectivity index (χ1v) is 6.08. The average molecular weight is 222 g/mol. The second-order valence-electron chi connectivity index (χ2n) is 4.40. The molecule has 0 aliphatic rings. The van der Waals surface area contributed by atoms with Crippen LogP contribution in [0.15, 0.2) is 72.3 Å². The molecule has 0 nitrogen and oxygen atoms in total. The number of hydrogen-bond acceptors (Lipinski definition) is 0. The Bertz CT molecular complexity index is 466. The Morgan fingerprint density at radius 3 is 1.94 bits per heavy atom. The quantitative estimate of drug-likeness (QED) is 0.672. The molecule has 0 amide bonds. The molecule has 2 rings (SSSR count). The highest BCUT2D eigenvalue weighted by Crippen LogP contribution is 2.09. The molecule has 0 heteroatoms. The Balaban J connectivity index is 1.94. The molecular formula is C17H18. The van der Waals surface area contributed by atoms with Crippen LogP contribution < -0.4 is 0 Å². The monoisotopic (exact) mass is 222 g/mol. The van der Waals surface area contributed by atoms with Gasteiger partial charge in [-0.2, -0.15) is 0 Å². The van der Waals surface area contributed by atoms with E-state index in [0.717, 1.165) is 12.8 Å². The van der Waals surface area contributed by atoms with Crippen molar-refractivity contribution in [2.45, 2.75) is 19.8 Å². The van der Waals surface area contributed by atoms with Gasteiger partial charge in [0.15, 0.2) is 0 Å². The number of hydrogen-bond donors (Lipinski definition) is 0. The van der Waals surface area contributed by atoms with E-state index in [1.54, 1.807) is 0 Å². The van der Waals surface area contributed by atoms with Gasteiger partial charge in [-0.3, -0.25) is 0 Å². The van der Waals surface area contributed by atoms with Crippen LogP contribution in [0.1, 0.15) is 18.1 Å². The van der Waals surface area contributed by atoms with Crippen molar-refractivity contribution in [2.75, 3.05) is 0 Å². The molecule has 0 aromatic heterocycles. The molecule has 86 valence electrons. The maximum Gasteiger partial charge on any atom is -0.00698 e. The minimum absolute atomic E-state index is 1.03. The third-order valence-electron chi connectivity index (χ3n) is 2.85. The molecule has 0 bridgehead atoms. The van der Waals surface area contributed by atoms with E-state index in [0.29, 0.717) is 0 Å². The molecule has 0 fully saturated rings. The highest BCUT2D eigenvalue weighted by molar-refractivity contribution is 5.23. The van der Waals surface area contributed by atoms with Crippen molar-refractivity contribution in [2.24, 2.45) is 0 Å². The maximum absolute atomic E-state index is 2.32. The summed E-state index contributed by atoms with van der Waals surface area (Å²) in [6.45, 7) is 2.20. The lowest BCUT2D eigenvalue weighted by molar-refractivity contribution is 1.10. The normalized spacial score (nSPS) is 11.5. The van der Waals surface area contributed by atoms with Crippen LogP contribution in [0.5, 0.6) is 0 Å². The number of benzene rings is 2. The lowest BCUT2D eigenvalue weighted by Gasteiger charge is -2.02. The van der Waals surface area contributed by atoms with Crippen LogP contribution in [0.2, 0.25) is 0 Å². The fourth-order valence-corrected chi connectivity index (χ4v) is 1.90. The first kappa shape index (κ1) is 11.7. The van der Waals surface area contributed by atoms with Crippen molar-refractivity contribution in [3.05, 3.63) is 83.4 Å². The maximum atomic E-state index is 2.32. The minimum Gasteiger partial charge on any atom is -0.0809 e. The van der Waals surface area contributed by atoms with E-state index < -0.39 is 0 Å². The van der Waals surface area contributed by atoms with Crippen LogP contribution in [0, 0.1) is 0 Å². The third kappa shape index (κ3) is 3.92. The highest BCUT2D eigenvalue weighted by Gasteiger charge is 1.94. The van der Waals surface area contributed by atoms with Gasteiger partial charge in [-0.25, -0.2) is 0 Å². The molecule has 2 aromatic rings. The van der Waals surface area contributed by atoms with E-state index in [4.69, 9.17) is 0 Å². The van der Waals surface area contributed by atoms with Crippen molar-refractivity contribution < 1.29 is 0 Å². The zero-order valence-corrected chi connectivity index (χ0v) is 10.3. The van der Waals surface area contributed by atoms with Gasteiger partial charge in [0, 0.05) is 0 Å². The summed E-state index contributed by atoms with van der Waals surface area (Å²) in [5.41, 5.74) is 4.19. The van der Waals surface area contributed by atoms with Crippen LogP contribution in [0.4, 0.5) is 0 Å². The molecule has 0 radical (unpaired) electrons. The van der Waals surface area contributed by atoms with Gasteiger partial charge in [0.2, 0.25) is 0 Å². The van der Waals surface area contributed by atoms with Gasteiger partial charge in [-0.1, -0.05) is 72.3 Å². The Hall–Kier alpha value is -1.82. The summed E-state index contributed by atoms with van der Waals surface area (Å²) in [6, 6.07) is 21.2. The summed E-state index contributed by atoms with van der Waals surface area (Å²) in [4.78, 5) is 0. The van der Waals surface area contributed by atoms with E-state index in [-0.39, 0.29) is 0 Å². The summed E-state index contributed by atoms with van der Waals surface area (Å²) in [7, 11) is 0. The van der Waals surface area contributed by atoms with Crippen LogP contribution in [-0.2, 0) is 12.8 Å². The van der Waals surface area contributed by atoms with Crippen molar-refractivity contribution in [3.8, 4) is 0 Å². The molecule has 0 N–H and O–H groups in total. The standard InChI is InChI=1S/C17H18/c1-15(14-17-10-6-3-7-11-17)12-13-16-8-4-2-5-9-16/h2-12H,13-14H2,1H3/b15-12+. The van der Waals surface area contributed by atoms with Crippen molar-refractivity contribution in [1.29, 1.82) is 0 Å². The Kier molecular flexibility index (Phi) is 4.15. The predicted octanol–water partition coefficient (Wildman–Crippen LogP) is 4.42. The van der Waals surface area contributed by atoms with E-state index in [2.05, 4.69) is 73.7 Å². The van der Waals surface area contributed by atoms with Crippen LogP contribution in [0.3, 0.4) is 0 Å². The molecule has 2 aromatic carbocycles. The van der Waals surface area contributed by atoms with E-state index in [1.165, 1.54) is 16.7 Å². The van der Waals surface area contributed by atoms with Crippen molar-refractivity contribution in [1.82, 2.24) is 0 Å². The number of rotatable bonds is 4. The summed E-state index contributed by atoms with van der Waals surface area (Å²) >= 11 is 0. The zero-order chi connectivity index (χ0) is 11.9. The van der Waals surface area contributed by atoms with Crippen LogP contribution in [-0.4, -0.2) is 0 Å². The SMILES string of the molecule is C/C(=C\Cc1ccccc1)Cc1ccccc1. The van der Waals surface area contributed by atoms with E-state index >= 15 is 0 Å². The van der Waals surface area contributed by atoms with Gasteiger partial charge in [-0.15, -0.1) is 0 Å². The van der Waals surface area contributed by atoms with Gasteiger partial charge < -0.3 is 0 Å². The first-order chi connectivity index (χ1) is 8.34. The van der Waals surface area contributed by atoms with Crippen molar-refractivity contribution in [3.63, 3.8) is 0 Å². The van der Waals surface area contributed by atoms with Crippen LogP contribution in [0.25, 0.3) is 0 Å². The summed E-state index contributed by atoms with van der Waals surface area (Å²) < 4.78 is 0. The summed E-state index contributed by atoms with van der Waals surface area (Å²) in [6.07, 6.45) is 4.40. The van der Waals surface area contributed by atoms with Crippen molar-refractivity contribution >= 4 is 0 Å². The molecule has 0 aliphatic heterocycles. The van der Waals surface area contributed by atoms with E-state index in [9.17, 15) is 0 Å². The predicted molar refractivity (Wildman–Crippen MR) is 74.0 cm³/mol. The molecule has 0 saturated heterocycles. The van der Waals surface area contributed by atoms with Gasteiger partial charge in [-0.05, 0) is 30.9 Å². The lowest BCUT2D eigenvalue weighted by Crippen LogP contribution is -1.88. The lowest BCUT2D eigenvalue weighted by atomic mass is 10.0. The largest absolute Gasteiger partial charge is 0.0809 e. The summed E-state index contributed by atoms with van der Waals surface area (Å²) in [5.74, 6) is 0. The van der Waals surface area contributed by atoms with Gasteiger partial charge >= 0.3 is 0 Å². The molecule has 0 atom stereocenters.